The molecule has 1 saturated carbocycles. The molecule has 3 nitrogen and oxygen atoms in total. The normalized spacial score (nSPS) is 34.0. The van der Waals surface area contributed by atoms with E-state index in [2.05, 4.69) is 31.0 Å². The number of nitrogens with one attached hydrogen (secondary N) is 1. The van der Waals surface area contributed by atoms with Gasteiger partial charge >= 0.3 is 0 Å². The van der Waals surface area contributed by atoms with Crippen molar-refractivity contribution in [3.63, 3.8) is 0 Å². The summed E-state index contributed by atoms with van der Waals surface area (Å²) in [6.45, 7) is 10.2. The lowest BCUT2D eigenvalue weighted by Gasteiger charge is -2.54. The van der Waals surface area contributed by atoms with Crippen LogP contribution >= 0.6 is 0 Å². The second-order valence-electron chi connectivity index (χ2n) is 6.62. The summed E-state index contributed by atoms with van der Waals surface area (Å²) in [7, 11) is 1.81. The second-order valence-corrected chi connectivity index (χ2v) is 6.62. The molecule has 2 atom stereocenters. The van der Waals surface area contributed by atoms with Crippen LogP contribution in [0.2, 0.25) is 0 Å². The first-order valence-electron chi connectivity index (χ1n) is 7.56. The van der Waals surface area contributed by atoms with Crippen molar-refractivity contribution < 1.29 is 4.74 Å². The van der Waals surface area contributed by atoms with Gasteiger partial charge in [-0.15, -0.1) is 0 Å². The molecular weight excluding hydrogens is 224 g/mol. The van der Waals surface area contributed by atoms with Crippen LogP contribution in [0.4, 0.5) is 0 Å². The van der Waals surface area contributed by atoms with Crippen LogP contribution in [0.1, 0.15) is 52.9 Å². The van der Waals surface area contributed by atoms with Gasteiger partial charge in [-0.1, -0.05) is 19.8 Å². The van der Waals surface area contributed by atoms with Crippen LogP contribution in [-0.2, 0) is 4.74 Å². The number of hydrogen-bond acceptors (Lipinski definition) is 3. The maximum absolute atomic E-state index is 5.38. The fourth-order valence-corrected chi connectivity index (χ4v) is 3.79. The first kappa shape index (κ1) is 14.3. The van der Waals surface area contributed by atoms with Gasteiger partial charge in [-0.3, -0.25) is 4.90 Å². The van der Waals surface area contributed by atoms with Crippen molar-refractivity contribution in [2.24, 2.45) is 0 Å². The standard InChI is InChI=1S/C15H30N2O/c1-5-14(3)11-16-15(8-6-7-9-15)12-17(14)13(2)10-18-4/h13,16H,5-12H2,1-4H3. The van der Waals surface area contributed by atoms with Gasteiger partial charge in [0, 0.05) is 37.3 Å². The highest BCUT2D eigenvalue weighted by Gasteiger charge is 2.46. The van der Waals surface area contributed by atoms with Crippen LogP contribution < -0.4 is 5.32 Å². The van der Waals surface area contributed by atoms with Crippen molar-refractivity contribution in [1.29, 1.82) is 0 Å². The van der Waals surface area contributed by atoms with Gasteiger partial charge in [-0.05, 0) is 33.1 Å². The SMILES string of the molecule is CCC1(C)CNC2(CCCC2)CN1C(C)COC. The topological polar surface area (TPSA) is 24.5 Å². The molecule has 106 valence electrons. The molecule has 0 radical (unpaired) electrons. The fourth-order valence-electron chi connectivity index (χ4n) is 3.79. The lowest BCUT2D eigenvalue weighted by Crippen LogP contribution is -2.70. The van der Waals surface area contributed by atoms with E-state index < -0.39 is 0 Å². The molecule has 0 bridgehead atoms. The van der Waals surface area contributed by atoms with Gasteiger partial charge in [0.1, 0.15) is 0 Å². The third-order valence-electron chi connectivity index (χ3n) is 5.27. The molecule has 2 fully saturated rings. The average Bonchev–Trinajstić information content (AvgIpc) is 2.82. The van der Waals surface area contributed by atoms with Crippen LogP contribution in [0, 0.1) is 0 Å². The van der Waals surface area contributed by atoms with Crippen LogP contribution in [0.15, 0.2) is 0 Å². The molecule has 0 aromatic rings. The van der Waals surface area contributed by atoms with Crippen molar-refractivity contribution >= 4 is 0 Å². The van der Waals surface area contributed by atoms with Crippen molar-refractivity contribution in [2.45, 2.75) is 70.0 Å². The van der Waals surface area contributed by atoms with Crippen LogP contribution in [0.25, 0.3) is 0 Å². The maximum Gasteiger partial charge on any atom is 0.0615 e. The first-order chi connectivity index (χ1) is 8.55. The third-order valence-corrected chi connectivity index (χ3v) is 5.27. The molecule has 2 aliphatic rings. The number of rotatable bonds is 4. The summed E-state index contributed by atoms with van der Waals surface area (Å²) in [5.41, 5.74) is 0.683. The maximum atomic E-state index is 5.38. The summed E-state index contributed by atoms with van der Waals surface area (Å²) in [6.07, 6.45) is 6.68. The average molecular weight is 254 g/mol. The highest BCUT2D eigenvalue weighted by molar-refractivity contribution is 5.06. The van der Waals surface area contributed by atoms with Gasteiger partial charge in [-0.25, -0.2) is 0 Å². The van der Waals surface area contributed by atoms with Crippen LogP contribution in [-0.4, -0.2) is 48.8 Å². The third kappa shape index (κ3) is 2.59. The number of hydrogen-bond donors (Lipinski definition) is 1. The van der Waals surface area contributed by atoms with Crippen LogP contribution in [0.5, 0.6) is 0 Å². The minimum absolute atomic E-state index is 0.284. The summed E-state index contributed by atoms with van der Waals surface area (Å²) in [5.74, 6) is 0. The summed E-state index contributed by atoms with van der Waals surface area (Å²) in [6, 6.07) is 0.513. The van der Waals surface area contributed by atoms with Crippen molar-refractivity contribution in [3.8, 4) is 0 Å². The molecule has 1 spiro atoms. The van der Waals surface area contributed by atoms with Gasteiger partial charge < -0.3 is 10.1 Å². The molecule has 0 amide bonds. The summed E-state index contributed by atoms with van der Waals surface area (Å²) >= 11 is 0. The van der Waals surface area contributed by atoms with E-state index in [1.807, 2.05) is 7.11 Å². The number of methoxy groups -OCH3 is 1. The van der Waals surface area contributed by atoms with Gasteiger partial charge in [0.05, 0.1) is 6.61 Å². The molecule has 1 heterocycles. The zero-order valence-electron chi connectivity index (χ0n) is 12.6. The Morgan fingerprint density at radius 2 is 2.00 bits per heavy atom. The molecule has 3 heteroatoms. The molecular formula is C15H30N2O. The Bertz CT molecular complexity index is 276. The molecule has 0 aromatic carbocycles. The van der Waals surface area contributed by atoms with Crippen molar-refractivity contribution in [3.05, 3.63) is 0 Å². The Kier molecular flexibility index (Phi) is 4.35. The molecule has 2 unspecified atom stereocenters. The lowest BCUT2D eigenvalue weighted by atomic mass is 9.84. The zero-order chi connectivity index (χ0) is 13.2. The largest absolute Gasteiger partial charge is 0.383 e. The van der Waals surface area contributed by atoms with Crippen LogP contribution in [0.3, 0.4) is 0 Å². The highest BCUT2D eigenvalue weighted by Crippen LogP contribution is 2.37. The number of ether oxygens (including phenoxy) is 1. The quantitative estimate of drug-likeness (QED) is 0.834. The molecule has 0 aromatic heterocycles. The molecule has 2 rings (SSSR count). The Labute approximate surface area is 112 Å². The summed E-state index contributed by atoms with van der Waals surface area (Å²) in [4.78, 5) is 2.71. The second kappa shape index (κ2) is 5.48. The van der Waals surface area contributed by atoms with Gasteiger partial charge in [0.25, 0.3) is 0 Å². The van der Waals surface area contributed by atoms with E-state index in [0.29, 0.717) is 11.6 Å². The van der Waals surface area contributed by atoms with E-state index in [4.69, 9.17) is 4.74 Å². The van der Waals surface area contributed by atoms with Gasteiger partial charge in [0.2, 0.25) is 0 Å². The molecule has 18 heavy (non-hydrogen) atoms. The number of piperazine rings is 1. The van der Waals surface area contributed by atoms with E-state index >= 15 is 0 Å². The molecule has 1 aliphatic carbocycles. The molecule has 1 aliphatic heterocycles. The van der Waals surface area contributed by atoms with E-state index in [9.17, 15) is 0 Å². The number of nitrogens with zero attached hydrogens (tertiary/aromatic N) is 1. The summed E-state index contributed by atoms with van der Waals surface area (Å²) in [5, 5.41) is 3.88. The van der Waals surface area contributed by atoms with Gasteiger partial charge in [0.15, 0.2) is 0 Å². The summed E-state index contributed by atoms with van der Waals surface area (Å²) < 4.78 is 5.38. The van der Waals surface area contributed by atoms with Gasteiger partial charge in [-0.2, -0.15) is 0 Å². The zero-order valence-corrected chi connectivity index (χ0v) is 12.6. The monoisotopic (exact) mass is 254 g/mol. The lowest BCUT2D eigenvalue weighted by molar-refractivity contribution is -0.0346. The predicted molar refractivity (Wildman–Crippen MR) is 75.9 cm³/mol. The highest BCUT2D eigenvalue weighted by atomic mass is 16.5. The van der Waals surface area contributed by atoms with Crippen molar-refractivity contribution in [1.82, 2.24) is 10.2 Å². The van der Waals surface area contributed by atoms with E-state index in [1.54, 1.807) is 0 Å². The van der Waals surface area contributed by atoms with Crippen molar-refractivity contribution in [2.75, 3.05) is 26.8 Å². The Balaban J connectivity index is 2.12. The fraction of sp³-hybridized carbons (Fsp3) is 1.00. The van der Waals surface area contributed by atoms with E-state index in [0.717, 1.165) is 13.2 Å². The smallest absolute Gasteiger partial charge is 0.0615 e. The molecule has 1 saturated heterocycles. The Morgan fingerprint density at radius 1 is 1.33 bits per heavy atom. The molecule has 1 N–H and O–H groups in total. The minimum Gasteiger partial charge on any atom is -0.383 e. The first-order valence-corrected chi connectivity index (χ1v) is 7.56. The Morgan fingerprint density at radius 3 is 2.56 bits per heavy atom. The Hall–Kier alpha value is -0.120. The van der Waals surface area contributed by atoms with E-state index in [1.165, 1.54) is 38.6 Å². The van der Waals surface area contributed by atoms with E-state index in [-0.39, 0.29) is 5.54 Å². The minimum atomic E-state index is 0.284. The predicted octanol–water partition coefficient (Wildman–Crippen LogP) is 2.41.